The number of rotatable bonds is 3. The van der Waals surface area contributed by atoms with Gasteiger partial charge in [-0.05, 0) is 24.6 Å². The lowest BCUT2D eigenvalue weighted by atomic mass is 10.2. The van der Waals surface area contributed by atoms with Crippen molar-refractivity contribution in [2.45, 2.75) is 20.0 Å². The van der Waals surface area contributed by atoms with Gasteiger partial charge in [0.2, 0.25) is 0 Å². The molecule has 0 saturated carbocycles. The molecule has 3 rings (SSSR count). The average Bonchev–Trinajstić information content (AvgIpc) is 2.53. The summed E-state index contributed by atoms with van der Waals surface area (Å²) in [6.07, 6.45) is 0. The van der Waals surface area contributed by atoms with Crippen LogP contribution in [-0.4, -0.2) is 9.13 Å². The lowest BCUT2D eigenvalue weighted by molar-refractivity contribution is 0.623. The van der Waals surface area contributed by atoms with E-state index in [2.05, 4.69) is 0 Å². The molecule has 0 atom stereocenters. The standard InChI is InChI=1S/C17H16N2O2/c1-2-18-15-11-7-6-10-14(15)16(20)19(17(18)21)12-13-8-4-3-5-9-13/h3-11H,2,12H2,1H3. The van der Waals surface area contributed by atoms with Gasteiger partial charge in [0.15, 0.2) is 0 Å². The molecule has 21 heavy (non-hydrogen) atoms. The summed E-state index contributed by atoms with van der Waals surface area (Å²) in [5.74, 6) is 0. The van der Waals surface area contributed by atoms with Crippen molar-refractivity contribution >= 4 is 10.9 Å². The second-order valence-electron chi connectivity index (χ2n) is 4.92. The van der Waals surface area contributed by atoms with Crippen molar-refractivity contribution in [3.05, 3.63) is 81.0 Å². The van der Waals surface area contributed by atoms with Crippen LogP contribution in [-0.2, 0) is 13.1 Å². The number of aryl methyl sites for hydroxylation is 1. The highest BCUT2D eigenvalue weighted by molar-refractivity contribution is 5.77. The number of para-hydroxylation sites is 1. The molecule has 0 aliphatic heterocycles. The molecule has 0 N–H and O–H groups in total. The second-order valence-corrected chi connectivity index (χ2v) is 4.92. The quantitative estimate of drug-likeness (QED) is 0.738. The van der Waals surface area contributed by atoms with Gasteiger partial charge in [-0.1, -0.05) is 42.5 Å². The molecule has 0 radical (unpaired) electrons. The second kappa shape index (κ2) is 5.40. The average molecular weight is 280 g/mol. The van der Waals surface area contributed by atoms with Gasteiger partial charge < -0.3 is 0 Å². The van der Waals surface area contributed by atoms with Crippen LogP contribution in [0.1, 0.15) is 12.5 Å². The van der Waals surface area contributed by atoms with Crippen LogP contribution in [0.5, 0.6) is 0 Å². The van der Waals surface area contributed by atoms with E-state index in [4.69, 9.17) is 0 Å². The summed E-state index contributed by atoms with van der Waals surface area (Å²) >= 11 is 0. The summed E-state index contributed by atoms with van der Waals surface area (Å²) in [6.45, 7) is 2.74. The van der Waals surface area contributed by atoms with Crippen molar-refractivity contribution in [3.8, 4) is 0 Å². The molecule has 106 valence electrons. The number of hydrogen-bond donors (Lipinski definition) is 0. The smallest absolute Gasteiger partial charge is 0.293 e. The van der Waals surface area contributed by atoms with Gasteiger partial charge in [-0.3, -0.25) is 13.9 Å². The first-order chi connectivity index (χ1) is 10.2. The first-order valence-corrected chi connectivity index (χ1v) is 6.98. The monoisotopic (exact) mass is 280 g/mol. The van der Waals surface area contributed by atoms with E-state index >= 15 is 0 Å². The SMILES string of the molecule is CCn1c(=O)n(Cc2ccccc2)c(=O)c2ccccc21. The Hall–Kier alpha value is -2.62. The maximum atomic E-state index is 12.6. The summed E-state index contributed by atoms with van der Waals surface area (Å²) in [4.78, 5) is 25.1. The summed E-state index contributed by atoms with van der Waals surface area (Å²) in [7, 11) is 0. The predicted molar refractivity (Wildman–Crippen MR) is 83.7 cm³/mol. The zero-order chi connectivity index (χ0) is 14.8. The highest BCUT2D eigenvalue weighted by atomic mass is 16.2. The Morgan fingerprint density at radius 2 is 1.52 bits per heavy atom. The third-order valence-corrected chi connectivity index (χ3v) is 3.63. The van der Waals surface area contributed by atoms with Gasteiger partial charge in [0.1, 0.15) is 0 Å². The van der Waals surface area contributed by atoms with Crippen molar-refractivity contribution in [1.29, 1.82) is 0 Å². The summed E-state index contributed by atoms with van der Waals surface area (Å²) in [6, 6.07) is 16.8. The Morgan fingerprint density at radius 3 is 2.24 bits per heavy atom. The maximum Gasteiger partial charge on any atom is 0.331 e. The molecule has 0 unspecified atom stereocenters. The molecule has 1 heterocycles. The number of fused-ring (bicyclic) bond motifs is 1. The first-order valence-electron chi connectivity index (χ1n) is 6.98. The minimum atomic E-state index is -0.259. The van der Waals surface area contributed by atoms with Gasteiger partial charge in [-0.15, -0.1) is 0 Å². The fourth-order valence-corrected chi connectivity index (χ4v) is 2.58. The van der Waals surface area contributed by atoms with Crippen LogP contribution in [0, 0.1) is 0 Å². The molecule has 4 nitrogen and oxygen atoms in total. The molecular weight excluding hydrogens is 264 g/mol. The molecule has 0 amide bonds. The van der Waals surface area contributed by atoms with Crippen molar-refractivity contribution in [2.24, 2.45) is 0 Å². The lowest BCUT2D eigenvalue weighted by Crippen LogP contribution is -2.40. The minimum Gasteiger partial charge on any atom is -0.293 e. The third kappa shape index (κ3) is 2.29. The fraction of sp³-hybridized carbons (Fsp3) is 0.176. The number of aromatic nitrogens is 2. The van der Waals surface area contributed by atoms with Gasteiger partial charge in [0.05, 0.1) is 17.4 Å². The van der Waals surface area contributed by atoms with E-state index < -0.39 is 0 Å². The first kappa shape index (κ1) is 13.4. The molecular formula is C17H16N2O2. The van der Waals surface area contributed by atoms with Crippen LogP contribution < -0.4 is 11.2 Å². The third-order valence-electron chi connectivity index (χ3n) is 3.63. The minimum absolute atomic E-state index is 0.232. The number of benzene rings is 2. The molecule has 4 heteroatoms. The Balaban J connectivity index is 2.28. The van der Waals surface area contributed by atoms with Crippen LogP contribution in [0.25, 0.3) is 10.9 Å². The van der Waals surface area contributed by atoms with Crippen molar-refractivity contribution in [3.63, 3.8) is 0 Å². The van der Waals surface area contributed by atoms with E-state index in [1.807, 2.05) is 55.5 Å². The van der Waals surface area contributed by atoms with Gasteiger partial charge in [0, 0.05) is 6.54 Å². The zero-order valence-corrected chi connectivity index (χ0v) is 11.8. The Kier molecular flexibility index (Phi) is 3.44. The van der Waals surface area contributed by atoms with E-state index in [0.29, 0.717) is 24.0 Å². The lowest BCUT2D eigenvalue weighted by Gasteiger charge is -2.12. The molecule has 2 aromatic carbocycles. The van der Waals surface area contributed by atoms with Crippen molar-refractivity contribution < 1.29 is 0 Å². The van der Waals surface area contributed by atoms with Gasteiger partial charge >= 0.3 is 5.69 Å². The molecule has 0 aliphatic carbocycles. The van der Waals surface area contributed by atoms with E-state index in [1.165, 1.54) is 4.57 Å². The molecule has 0 spiro atoms. The summed E-state index contributed by atoms with van der Waals surface area (Å²) < 4.78 is 2.95. The van der Waals surface area contributed by atoms with E-state index in [0.717, 1.165) is 5.56 Å². The topological polar surface area (TPSA) is 44.0 Å². The largest absolute Gasteiger partial charge is 0.331 e. The molecule has 1 aromatic heterocycles. The summed E-state index contributed by atoms with van der Waals surface area (Å²) in [5.41, 5.74) is 1.14. The van der Waals surface area contributed by atoms with E-state index in [9.17, 15) is 9.59 Å². The van der Waals surface area contributed by atoms with Crippen LogP contribution in [0.4, 0.5) is 0 Å². The van der Waals surface area contributed by atoms with Gasteiger partial charge in [-0.25, -0.2) is 4.79 Å². The van der Waals surface area contributed by atoms with Crippen LogP contribution in [0.15, 0.2) is 64.2 Å². The Bertz CT molecular complexity index is 892. The van der Waals surface area contributed by atoms with E-state index in [-0.39, 0.29) is 11.2 Å². The van der Waals surface area contributed by atoms with Crippen LogP contribution >= 0.6 is 0 Å². The zero-order valence-electron chi connectivity index (χ0n) is 11.8. The van der Waals surface area contributed by atoms with Crippen LogP contribution in [0.2, 0.25) is 0 Å². The van der Waals surface area contributed by atoms with Crippen molar-refractivity contribution in [2.75, 3.05) is 0 Å². The normalized spacial score (nSPS) is 10.9. The number of nitrogens with zero attached hydrogens (tertiary/aromatic N) is 2. The Labute approximate surface area is 121 Å². The molecule has 0 saturated heterocycles. The molecule has 3 aromatic rings. The van der Waals surface area contributed by atoms with E-state index in [1.54, 1.807) is 10.6 Å². The van der Waals surface area contributed by atoms with Crippen molar-refractivity contribution in [1.82, 2.24) is 9.13 Å². The molecule has 0 aliphatic rings. The Morgan fingerprint density at radius 1 is 0.857 bits per heavy atom. The molecule has 0 fully saturated rings. The van der Waals surface area contributed by atoms with Crippen LogP contribution in [0.3, 0.4) is 0 Å². The maximum absolute atomic E-state index is 12.6. The summed E-state index contributed by atoms with van der Waals surface area (Å²) in [5, 5.41) is 0.579. The predicted octanol–water partition coefficient (Wildman–Crippen LogP) is 2.23. The number of hydrogen-bond acceptors (Lipinski definition) is 2. The molecule has 0 bridgehead atoms. The van der Waals surface area contributed by atoms with Gasteiger partial charge in [0.25, 0.3) is 5.56 Å². The fourth-order valence-electron chi connectivity index (χ4n) is 2.58. The highest BCUT2D eigenvalue weighted by Crippen LogP contribution is 2.08. The highest BCUT2D eigenvalue weighted by Gasteiger charge is 2.11. The van der Waals surface area contributed by atoms with Gasteiger partial charge in [-0.2, -0.15) is 0 Å².